The van der Waals surface area contributed by atoms with Crippen LogP contribution in [0.4, 0.5) is 5.69 Å². The summed E-state index contributed by atoms with van der Waals surface area (Å²) in [7, 11) is 0. The summed E-state index contributed by atoms with van der Waals surface area (Å²) < 4.78 is 1.82. The molecule has 2 aromatic carbocycles. The molecule has 5 nitrogen and oxygen atoms in total. The summed E-state index contributed by atoms with van der Waals surface area (Å²) in [5.74, 6) is 0.155. The van der Waals surface area contributed by atoms with Crippen LogP contribution in [0.5, 0.6) is 0 Å². The number of carbonyl (C=O) groups excluding carboxylic acids is 1. The van der Waals surface area contributed by atoms with Crippen molar-refractivity contribution < 1.29 is 4.79 Å². The normalized spacial score (nSPS) is 10.8. The average Bonchev–Trinajstić information content (AvgIpc) is 3.03. The lowest BCUT2D eigenvalue weighted by molar-refractivity contribution is -0.113. The molecular formula is C19H19ClN4OS. The highest BCUT2D eigenvalue weighted by Gasteiger charge is 2.11. The van der Waals surface area contributed by atoms with Gasteiger partial charge in [0.1, 0.15) is 6.33 Å². The van der Waals surface area contributed by atoms with Crippen molar-refractivity contribution >= 4 is 35.0 Å². The van der Waals surface area contributed by atoms with E-state index in [1.54, 1.807) is 6.33 Å². The SMILES string of the molecule is Cc1cc(C)cc(NC(=O)CSc2nncn2-c2ccc(C)c(Cl)c2)c1. The van der Waals surface area contributed by atoms with E-state index < -0.39 is 0 Å². The van der Waals surface area contributed by atoms with Gasteiger partial charge in [-0.3, -0.25) is 9.36 Å². The Morgan fingerprint density at radius 2 is 1.88 bits per heavy atom. The molecule has 0 atom stereocenters. The monoisotopic (exact) mass is 386 g/mol. The van der Waals surface area contributed by atoms with Crippen molar-refractivity contribution in [2.45, 2.75) is 25.9 Å². The van der Waals surface area contributed by atoms with Crippen LogP contribution in [0.2, 0.25) is 5.02 Å². The number of hydrogen-bond acceptors (Lipinski definition) is 4. The maximum absolute atomic E-state index is 12.3. The van der Waals surface area contributed by atoms with Crippen LogP contribution < -0.4 is 5.32 Å². The number of benzene rings is 2. The van der Waals surface area contributed by atoms with Crippen LogP contribution in [-0.2, 0) is 4.79 Å². The number of carbonyl (C=O) groups is 1. The van der Waals surface area contributed by atoms with E-state index in [0.29, 0.717) is 10.2 Å². The van der Waals surface area contributed by atoms with Gasteiger partial charge in [0.15, 0.2) is 5.16 Å². The lowest BCUT2D eigenvalue weighted by atomic mass is 10.1. The fourth-order valence-electron chi connectivity index (χ4n) is 2.61. The summed E-state index contributed by atoms with van der Waals surface area (Å²) >= 11 is 7.53. The summed E-state index contributed by atoms with van der Waals surface area (Å²) in [6, 6.07) is 11.7. The average molecular weight is 387 g/mol. The van der Waals surface area contributed by atoms with Gasteiger partial charge in [-0.05, 0) is 61.7 Å². The molecule has 0 fully saturated rings. The number of aromatic nitrogens is 3. The highest BCUT2D eigenvalue weighted by molar-refractivity contribution is 7.99. The van der Waals surface area contributed by atoms with Gasteiger partial charge in [-0.1, -0.05) is 35.5 Å². The number of hydrogen-bond donors (Lipinski definition) is 1. The molecule has 0 bridgehead atoms. The number of rotatable bonds is 5. The standard InChI is InChI=1S/C19H19ClN4OS/c1-12-6-13(2)8-15(7-12)22-18(25)10-26-19-23-21-11-24(19)16-5-4-14(3)17(20)9-16/h4-9,11H,10H2,1-3H3,(H,22,25). The van der Waals surface area contributed by atoms with Gasteiger partial charge in [-0.2, -0.15) is 0 Å². The fraction of sp³-hybridized carbons (Fsp3) is 0.211. The van der Waals surface area contributed by atoms with Crippen LogP contribution in [-0.4, -0.2) is 26.4 Å². The molecule has 0 aliphatic carbocycles. The second kappa shape index (κ2) is 7.93. The maximum Gasteiger partial charge on any atom is 0.234 e. The first kappa shape index (κ1) is 18.5. The Kier molecular flexibility index (Phi) is 5.64. The van der Waals surface area contributed by atoms with Crippen molar-refractivity contribution in [1.82, 2.24) is 14.8 Å². The van der Waals surface area contributed by atoms with Crippen molar-refractivity contribution in [1.29, 1.82) is 0 Å². The molecule has 1 heterocycles. The van der Waals surface area contributed by atoms with Gasteiger partial charge < -0.3 is 5.32 Å². The van der Waals surface area contributed by atoms with Gasteiger partial charge in [0, 0.05) is 10.7 Å². The molecule has 7 heteroatoms. The first-order chi connectivity index (χ1) is 12.4. The van der Waals surface area contributed by atoms with E-state index in [4.69, 9.17) is 11.6 Å². The van der Waals surface area contributed by atoms with E-state index in [0.717, 1.165) is 28.1 Å². The summed E-state index contributed by atoms with van der Waals surface area (Å²) in [4.78, 5) is 12.3. The highest BCUT2D eigenvalue weighted by Crippen LogP contribution is 2.24. The Morgan fingerprint density at radius 3 is 2.58 bits per heavy atom. The first-order valence-corrected chi connectivity index (χ1v) is 9.46. The Morgan fingerprint density at radius 1 is 1.15 bits per heavy atom. The van der Waals surface area contributed by atoms with Gasteiger partial charge in [0.2, 0.25) is 5.91 Å². The molecule has 1 amide bonds. The molecule has 134 valence electrons. The van der Waals surface area contributed by atoms with Gasteiger partial charge in [0.05, 0.1) is 11.4 Å². The molecule has 1 N–H and O–H groups in total. The molecule has 3 rings (SSSR count). The summed E-state index contributed by atoms with van der Waals surface area (Å²) in [5.41, 5.74) is 4.90. The van der Waals surface area contributed by atoms with Gasteiger partial charge >= 0.3 is 0 Å². The summed E-state index contributed by atoms with van der Waals surface area (Å²) in [6.07, 6.45) is 1.62. The number of anilines is 1. The number of thioether (sulfide) groups is 1. The van der Waals surface area contributed by atoms with Gasteiger partial charge in [-0.25, -0.2) is 0 Å². The van der Waals surface area contributed by atoms with Gasteiger partial charge in [0.25, 0.3) is 0 Å². The molecule has 0 aliphatic heterocycles. The molecule has 0 unspecified atom stereocenters. The third-order valence-corrected chi connectivity index (χ3v) is 5.14. The first-order valence-electron chi connectivity index (χ1n) is 8.10. The zero-order valence-corrected chi connectivity index (χ0v) is 16.4. The minimum absolute atomic E-state index is 0.0866. The number of amides is 1. The van der Waals surface area contributed by atoms with Crippen molar-refractivity contribution in [2.24, 2.45) is 0 Å². The molecule has 0 spiro atoms. The Hall–Kier alpha value is -2.31. The Bertz CT molecular complexity index is 934. The second-order valence-electron chi connectivity index (χ2n) is 6.13. The van der Waals surface area contributed by atoms with E-state index in [1.807, 2.05) is 55.7 Å². The van der Waals surface area contributed by atoms with Crippen LogP contribution >= 0.6 is 23.4 Å². The molecular weight excluding hydrogens is 368 g/mol. The van der Waals surface area contributed by atoms with Crippen molar-refractivity contribution in [3.8, 4) is 5.69 Å². The van der Waals surface area contributed by atoms with E-state index in [1.165, 1.54) is 11.8 Å². The number of nitrogens with zero attached hydrogens (tertiary/aromatic N) is 3. The fourth-order valence-corrected chi connectivity index (χ4v) is 3.51. The van der Waals surface area contributed by atoms with Crippen molar-refractivity contribution in [3.05, 3.63) is 64.4 Å². The molecule has 3 aromatic rings. The lowest BCUT2D eigenvalue weighted by Crippen LogP contribution is -2.14. The van der Waals surface area contributed by atoms with E-state index in [2.05, 4.69) is 21.6 Å². The zero-order chi connectivity index (χ0) is 18.7. The quantitative estimate of drug-likeness (QED) is 0.652. The predicted molar refractivity (Wildman–Crippen MR) is 106 cm³/mol. The van der Waals surface area contributed by atoms with E-state index in [9.17, 15) is 4.79 Å². The molecule has 26 heavy (non-hydrogen) atoms. The Labute approximate surface area is 161 Å². The van der Waals surface area contributed by atoms with Crippen LogP contribution in [0, 0.1) is 20.8 Å². The van der Waals surface area contributed by atoms with Crippen molar-refractivity contribution in [2.75, 3.05) is 11.1 Å². The topological polar surface area (TPSA) is 59.8 Å². The van der Waals surface area contributed by atoms with Crippen LogP contribution in [0.25, 0.3) is 5.69 Å². The number of halogens is 1. The smallest absolute Gasteiger partial charge is 0.234 e. The molecule has 0 radical (unpaired) electrons. The number of aryl methyl sites for hydroxylation is 3. The minimum Gasteiger partial charge on any atom is -0.325 e. The lowest BCUT2D eigenvalue weighted by Gasteiger charge is -2.09. The highest BCUT2D eigenvalue weighted by atomic mass is 35.5. The second-order valence-corrected chi connectivity index (χ2v) is 7.48. The third kappa shape index (κ3) is 4.45. The zero-order valence-electron chi connectivity index (χ0n) is 14.8. The number of nitrogens with one attached hydrogen (secondary N) is 1. The predicted octanol–water partition coefficient (Wildman–Crippen LogP) is 4.58. The largest absolute Gasteiger partial charge is 0.325 e. The molecule has 0 saturated heterocycles. The maximum atomic E-state index is 12.3. The minimum atomic E-state index is -0.0866. The summed E-state index contributed by atoms with van der Waals surface area (Å²) in [6.45, 7) is 5.96. The van der Waals surface area contributed by atoms with Crippen LogP contribution in [0.3, 0.4) is 0 Å². The van der Waals surface area contributed by atoms with Crippen molar-refractivity contribution in [3.63, 3.8) is 0 Å². The van der Waals surface area contributed by atoms with E-state index in [-0.39, 0.29) is 11.7 Å². The van der Waals surface area contributed by atoms with Gasteiger partial charge in [-0.15, -0.1) is 10.2 Å². The molecule has 1 aromatic heterocycles. The Balaban J connectivity index is 1.68. The van der Waals surface area contributed by atoms with Crippen LogP contribution in [0.1, 0.15) is 16.7 Å². The molecule has 0 saturated carbocycles. The third-order valence-electron chi connectivity index (χ3n) is 3.79. The van der Waals surface area contributed by atoms with Crippen LogP contribution in [0.15, 0.2) is 47.9 Å². The molecule has 0 aliphatic rings. The summed E-state index contributed by atoms with van der Waals surface area (Å²) in [5, 5.41) is 12.3. The van der Waals surface area contributed by atoms with E-state index >= 15 is 0 Å².